The third-order valence-electron chi connectivity index (χ3n) is 3.03. The van der Waals surface area contributed by atoms with Gasteiger partial charge in [0.25, 0.3) is 5.91 Å². The molecule has 1 rings (SSSR count). The minimum atomic E-state index is -1.10. The van der Waals surface area contributed by atoms with Crippen molar-refractivity contribution in [2.24, 2.45) is 0 Å². The van der Waals surface area contributed by atoms with Crippen LogP contribution in [-0.2, 0) is 20.7 Å². The molecule has 0 fully saturated rings. The number of esters is 1. The lowest BCUT2D eigenvalue weighted by Gasteiger charge is -2.14. The lowest BCUT2D eigenvalue weighted by Crippen LogP contribution is -2.43. The fourth-order valence-electron chi connectivity index (χ4n) is 1.76. The molecule has 0 saturated carbocycles. The van der Waals surface area contributed by atoms with E-state index in [-0.39, 0.29) is 6.42 Å². The predicted molar refractivity (Wildman–Crippen MR) is 89.1 cm³/mol. The average Bonchev–Trinajstić information content (AvgIpc) is 2.55. The number of benzene rings is 1. The maximum absolute atomic E-state index is 12.0. The Kier molecular flexibility index (Phi) is 7.50. The largest absolute Gasteiger partial charge is 0.493 e. The summed E-state index contributed by atoms with van der Waals surface area (Å²) < 4.78 is 16.0. The molecule has 0 saturated heterocycles. The van der Waals surface area contributed by atoms with Gasteiger partial charge in [-0.25, -0.2) is 4.79 Å². The Morgan fingerprint density at radius 1 is 1.17 bits per heavy atom. The quantitative estimate of drug-likeness (QED) is 0.697. The summed E-state index contributed by atoms with van der Waals surface area (Å²) in [6, 6.07) is 2.63. The van der Waals surface area contributed by atoms with E-state index in [1.165, 1.54) is 28.2 Å². The van der Waals surface area contributed by atoms with Gasteiger partial charge in [-0.05, 0) is 24.6 Å². The number of methoxy groups -OCH3 is 2. The topological polar surface area (TPSA) is 103 Å². The third-order valence-corrected chi connectivity index (χ3v) is 3.77. The van der Waals surface area contributed by atoms with Crippen LogP contribution in [0.1, 0.15) is 12.5 Å². The summed E-state index contributed by atoms with van der Waals surface area (Å²) >= 11 is 3.34. The fraction of sp³-hybridized carbons (Fsp3) is 0.400. The summed E-state index contributed by atoms with van der Waals surface area (Å²) in [5.74, 6) is -0.356. The maximum Gasteiger partial charge on any atom is 0.321 e. The zero-order chi connectivity index (χ0) is 18.3. The van der Waals surface area contributed by atoms with Crippen LogP contribution in [0.25, 0.3) is 0 Å². The average molecular weight is 403 g/mol. The summed E-state index contributed by atoms with van der Waals surface area (Å²) in [6.45, 7) is 1.37. The molecule has 0 aliphatic carbocycles. The van der Waals surface area contributed by atoms with Gasteiger partial charge in [0.1, 0.15) is 0 Å². The molecule has 0 spiro atoms. The normalized spacial score (nSPS) is 11.2. The van der Waals surface area contributed by atoms with Crippen molar-refractivity contribution in [3.8, 4) is 11.5 Å². The Morgan fingerprint density at radius 3 is 2.29 bits per heavy atom. The van der Waals surface area contributed by atoms with E-state index in [2.05, 4.69) is 21.2 Å². The van der Waals surface area contributed by atoms with E-state index in [9.17, 15) is 14.4 Å². The SMILES string of the molecule is CNC(=O)NC(=O)[C@@H](C)OC(=O)Cc1cc(OC)c(OC)cc1Br. The number of imide groups is 1. The minimum Gasteiger partial charge on any atom is -0.493 e. The molecule has 0 aromatic heterocycles. The van der Waals surface area contributed by atoms with Gasteiger partial charge in [0.2, 0.25) is 0 Å². The highest BCUT2D eigenvalue weighted by Crippen LogP contribution is 2.33. The van der Waals surface area contributed by atoms with Crippen molar-refractivity contribution in [2.45, 2.75) is 19.4 Å². The van der Waals surface area contributed by atoms with Gasteiger partial charge in [0.15, 0.2) is 17.6 Å². The Morgan fingerprint density at radius 2 is 1.75 bits per heavy atom. The molecule has 0 heterocycles. The van der Waals surface area contributed by atoms with Gasteiger partial charge in [-0.2, -0.15) is 0 Å². The van der Waals surface area contributed by atoms with E-state index < -0.39 is 24.0 Å². The van der Waals surface area contributed by atoms with Gasteiger partial charge in [0, 0.05) is 11.5 Å². The van der Waals surface area contributed by atoms with E-state index in [0.29, 0.717) is 21.5 Å². The van der Waals surface area contributed by atoms with Crippen LogP contribution < -0.4 is 20.1 Å². The van der Waals surface area contributed by atoms with Crippen molar-refractivity contribution in [1.82, 2.24) is 10.6 Å². The van der Waals surface area contributed by atoms with Gasteiger partial charge in [-0.3, -0.25) is 14.9 Å². The van der Waals surface area contributed by atoms with Gasteiger partial charge in [-0.1, -0.05) is 15.9 Å². The van der Waals surface area contributed by atoms with Crippen molar-refractivity contribution in [3.05, 3.63) is 22.2 Å². The van der Waals surface area contributed by atoms with Crippen LogP contribution in [0.15, 0.2) is 16.6 Å². The van der Waals surface area contributed by atoms with Crippen LogP contribution in [0.4, 0.5) is 4.79 Å². The van der Waals surface area contributed by atoms with Crippen molar-refractivity contribution in [3.63, 3.8) is 0 Å². The summed E-state index contributed by atoms with van der Waals surface area (Å²) in [7, 11) is 4.36. The molecular weight excluding hydrogens is 384 g/mol. The molecule has 24 heavy (non-hydrogen) atoms. The van der Waals surface area contributed by atoms with E-state index in [1.807, 2.05) is 5.32 Å². The van der Waals surface area contributed by atoms with Gasteiger partial charge >= 0.3 is 12.0 Å². The van der Waals surface area contributed by atoms with Crippen LogP contribution >= 0.6 is 15.9 Å². The predicted octanol–water partition coefficient (Wildman–Crippen LogP) is 1.40. The maximum atomic E-state index is 12.0. The van der Waals surface area contributed by atoms with Gasteiger partial charge in [-0.15, -0.1) is 0 Å². The smallest absolute Gasteiger partial charge is 0.321 e. The first kappa shape index (κ1) is 19.8. The molecule has 132 valence electrons. The lowest BCUT2D eigenvalue weighted by molar-refractivity contribution is -0.153. The highest BCUT2D eigenvalue weighted by atomic mass is 79.9. The number of ether oxygens (including phenoxy) is 3. The number of carbonyl (C=O) groups is 3. The van der Waals surface area contributed by atoms with Crippen LogP contribution in [0, 0.1) is 0 Å². The monoisotopic (exact) mass is 402 g/mol. The number of carbonyl (C=O) groups excluding carboxylic acids is 3. The van der Waals surface area contributed by atoms with E-state index >= 15 is 0 Å². The second-order valence-electron chi connectivity index (χ2n) is 4.68. The standard InChI is InChI=1S/C15H19BrN2O6/c1-8(14(20)18-15(21)17-2)24-13(19)6-9-5-11(22-3)12(23-4)7-10(9)16/h5,7-8H,6H2,1-4H3,(H2,17,18,20,21)/t8-/m1/s1. The molecule has 0 radical (unpaired) electrons. The Balaban J connectivity index is 2.74. The Labute approximate surface area is 148 Å². The summed E-state index contributed by atoms with van der Waals surface area (Å²) in [4.78, 5) is 34.7. The van der Waals surface area contributed by atoms with Crippen molar-refractivity contribution in [2.75, 3.05) is 21.3 Å². The first-order valence-corrected chi connectivity index (χ1v) is 7.74. The molecule has 1 atom stereocenters. The number of nitrogens with one attached hydrogen (secondary N) is 2. The molecule has 2 N–H and O–H groups in total. The van der Waals surface area contributed by atoms with E-state index in [0.717, 1.165) is 0 Å². The van der Waals surface area contributed by atoms with Crippen molar-refractivity contribution in [1.29, 1.82) is 0 Å². The van der Waals surface area contributed by atoms with Gasteiger partial charge in [0.05, 0.1) is 20.6 Å². The molecule has 0 unspecified atom stereocenters. The summed E-state index contributed by atoms with van der Waals surface area (Å²) in [5, 5.41) is 4.26. The van der Waals surface area contributed by atoms with Crippen LogP contribution in [0.2, 0.25) is 0 Å². The fourth-order valence-corrected chi connectivity index (χ4v) is 2.22. The third kappa shape index (κ3) is 5.41. The molecule has 1 aromatic rings. The summed E-state index contributed by atoms with van der Waals surface area (Å²) in [6.07, 6.45) is -1.19. The molecule has 9 heteroatoms. The molecule has 0 aliphatic rings. The highest BCUT2D eigenvalue weighted by Gasteiger charge is 2.21. The number of amides is 3. The molecular formula is C15H19BrN2O6. The second kappa shape index (κ2) is 9.11. The van der Waals surface area contributed by atoms with Crippen LogP contribution in [-0.4, -0.2) is 45.3 Å². The zero-order valence-electron chi connectivity index (χ0n) is 13.8. The number of urea groups is 1. The number of halogens is 1. The molecule has 0 aliphatic heterocycles. The molecule has 3 amide bonds. The first-order chi connectivity index (χ1) is 11.3. The second-order valence-corrected chi connectivity index (χ2v) is 5.53. The Hall–Kier alpha value is -2.29. The van der Waals surface area contributed by atoms with Gasteiger partial charge < -0.3 is 19.5 Å². The first-order valence-electron chi connectivity index (χ1n) is 6.94. The molecule has 8 nitrogen and oxygen atoms in total. The van der Waals surface area contributed by atoms with Crippen molar-refractivity contribution < 1.29 is 28.6 Å². The van der Waals surface area contributed by atoms with E-state index in [1.54, 1.807) is 12.1 Å². The van der Waals surface area contributed by atoms with E-state index in [4.69, 9.17) is 14.2 Å². The lowest BCUT2D eigenvalue weighted by atomic mass is 10.1. The zero-order valence-corrected chi connectivity index (χ0v) is 15.4. The van der Waals surface area contributed by atoms with Crippen molar-refractivity contribution >= 4 is 33.8 Å². The molecule has 0 bridgehead atoms. The number of rotatable bonds is 6. The van der Waals surface area contributed by atoms with Crippen LogP contribution in [0.5, 0.6) is 11.5 Å². The highest BCUT2D eigenvalue weighted by molar-refractivity contribution is 9.10. The molecule has 1 aromatic carbocycles. The van der Waals surface area contributed by atoms with Crippen LogP contribution in [0.3, 0.4) is 0 Å². The number of hydrogen-bond acceptors (Lipinski definition) is 6. The summed E-state index contributed by atoms with van der Waals surface area (Å²) in [5.41, 5.74) is 0.608. The minimum absolute atomic E-state index is 0.0848. The number of hydrogen-bond donors (Lipinski definition) is 2. The Bertz CT molecular complexity index is 635.